The summed E-state index contributed by atoms with van der Waals surface area (Å²) in [4.78, 5) is 25.4. The van der Waals surface area contributed by atoms with Crippen LogP contribution in [0.15, 0.2) is 30.0 Å². The molecule has 0 saturated heterocycles. The number of Topliss-reactive ketones (excluding diaryl/α,β-unsaturated/α-hetero) is 2. The van der Waals surface area contributed by atoms with E-state index >= 15 is 0 Å². The molecule has 154 valence electrons. The predicted octanol–water partition coefficient (Wildman–Crippen LogP) is 3.18. The lowest BCUT2D eigenvalue weighted by molar-refractivity contribution is -0.137. The molecule has 0 amide bonds. The average Bonchev–Trinajstić information content (AvgIpc) is 3.44. The third kappa shape index (κ3) is 4.92. The second-order valence-corrected chi connectivity index (χ2v) is 8.43. The molecule has 1 saturated carbocycles. The van der Waals surface area contributed by atoms with Gasteiger partial charge in [-0.3, -0.25) is 13.9 Å². The Kier molecular flexibility index (Phi) is 6.22. The van der Waals surface area contributed by atoms with Crippen LogP contribution in [0.3, 0.4) is 0 Å². The molecule has 2 rings (SSSR count). The number of halogens is 3. The van der Waals surface area contributed by atoms with Crippen molar-refractivity contribution in [3.05, 3.63) is 41.2 Å². The molecule has 10 heteroatoms. The first-order chi connectivity index (χ1) is 12.9. The molecule has 1 aromatic rings. The summed E-state index contributed by atoms with van der Waals surface area (Å²) >= 11 is 0. The lowest BCUT2D eigenvalue weighted by Crippen LogP contribution is -2.28. The minimum Gasteiger partial charge on any atom is -0.501 e. The molecule has 1 fully saturated rings. The molecular formula is C18H20F3NO5S. The van der Waals surface area contributed by atoms with E-state index in [9.17, 15) is 31.2 Å². The molecule has 0 spiro atoms. The van der Waals surface area contributed by atoms with Crippen LogP contribution in [-0.2, 0) is 25.7 Å². The van der Waals surface area contributed by atoms with Gasteiger partial charge >= 0.3 is 6.18 Å². The first kappa shape index (κ1) is 21.9. The van der Waals surface area contributed by atoms with E-state index in [2.05, 4.69) is 0 Å². The molecule has 0 atom stereocenters. The Morgan fingerprint density at radius 3 is 2.36 bits per heavy atom. The number of ether oxygens (including phenoxy) is 1. The fraction of sp³-hybridized carbons (Fsp3) is 0.444. The van der Waals surface area contributed by atoms with Crippen LogP contribution in [0.4, 0.5) is 18.9 Å². The molecule has 1 aromatic carbocycles. The van der Waals surface area contributed by atoms with E-state index in [1.807, 2.05) is 0 Å². The van der Waals surface area contributed by atoms with Gasteiger partial charge in [-0.15, -0.1) is 0 Å². The van der Waals surface area contributed by atoms with Crippen molar-refractivity contribution >= 4 is 27.3 Å². The molecule has 6 nitrogen and oxygen atoms in total. The van der Waals surface area contributed by atoms with Gasteiger partial charge in [0.05, 0.1) is 30.4 Å². The van der Waals surface area contributed by atoms with Crippen molar-refractivity contribution in [2.24, 2.45) is 5.92 Å². The van der Waals surface area contributed by atoms with E-state index < -0.39 is 39.0 Å². The zero-order chi connectivity index (χ0) is 21.3. The fourth-order valence-electron chi connectivity index (χ4n) is 2.44. The largest absolute Gasteiger partial charge is 0.501 e. The van der Waals surface area contributed by atoms with Crippen molar-refractivity contribution < 1.29 is 35.9 Å². The Labute approximate surface area is 161 Å². The number of benzene rings is 1. The number of hydrogen-bond acceptors (Lipinski definition) is 5. The highest BCUT2D eigenvalue weighted by Crippen LogP contribution is 2.37. The van der Waals surface area contributed by atoms with Crippen LogP contribution in [0.2, 0.25) is 0 Å². The van der Waals surface area contributed by atoms with Gasteiger partial charge in [0.15, 0.2) is 5.78 Å². The number of ketones is 2. The van der Waals surface area contributed by atoms with E-state index in [4.69, 9.17) is 4.74 Å². The van der Waals surface area contributed by atoms with E-state index in [1.165, 1.54) is 0 Å². The number of alkyl halides is 3. The highest BCUT2D eigenvalue weighted by molar-refractivity contribution is 7.92. The second kappa shape index (κ2) is 7.94. The molecule has 1 aliphatic rings. The third-order valence-corrected chi connectivity index (χ3v) is 5.42. The molecule has 0 aliphatic heterocycles. The number of allylic oxidation sites excluding steroid dienone is 1. The van der Waals surface area contributed by atoms with Crippen LogP contribution in [0.5, 0.6) is 0 Å². The van der Waals surface area contributed by atoms with E-state index in [0.29, 0.717) is 29.3 Å². The molecule has 0 N–H and O–H groups in total. The number of anilines is 1. The highest BCUT2D eigenvalue weighted by Gasteiger charge is 2.37. The highest BCUT2D eigenvalue weighted by atomic mass is 32.2. The quantitative estimate of drug-likeness (QED) is 0.213. The maximum Gasteiger partial charge on any atom is 0.416 e. The van der Waals surface area contributed by atoms with Crippen molar-refractivity contribution in [3.8, 4) is 0 Å². The predicted molar refractivity (Wildman–Crippen MR) is 96.5 cm³/mol. The average molecular weight is 419 g/mol. The van der Waals surface area contributed by atoms with Gasteiger partial charge in [0.1, 0.15) is 5.57 Å². The minimum absolute atomic E-state index is 0.178. The van der Waals surface area contributed by atoms with Crippen molar-refractivity contribution in [2.45, 2.75) is 25.9 Å². The number of hydrogen-bond donors (Lipinski definition) is 0. The molecule has 0 unspecified atom stereocenters. The van der Waals surface area contributed by atoms with Crippen LogP contribution in [0.25, 0.3) is 0 Å². The minimum atomic E-state index is -4.73. The summed E-state index contributed by atoms with van der Waals surface area (Å²) in [5, 5.41) is 0. The fourth-order valence-corrected chi connectivity index (χ4v) is 2.95. The summed E-state index contributed by atoms with van der Waals surface area (Å²) in [6, 6.07) is 2.13. The zero-order valence-electron chi connectivity index (χ0n) is 15.5. The summed E-state index contributed by atoms with van der Waals surface area (Å²) in [6.45, 7) is 1.82. The van der Waals surface area contributed by atoms with E-state index in [1.54, 1.807) is 6.92 Å². The first-order valence-corrected chi connectivity index (χ1v) is 10.3. The smallest absolute Gasteiger partial charge is 0.416 e. The Morgan fingerprint density at radius 1 is 1.29 bits per heavy atom. The summed E-state index contributed by atoms with van der Waals surface area (Å²) in [5.74, 6) is -1.68. The normalized spacial score (nSPS) is 15.3. The van der Waals surface area contributed by atoms with Crippen molar-refractivity contribution in [1.29, 1.82) is 0 Å². The van der Waals surface area contributed by atoms with Crippen molar-refractivity contribution in [3.63, 3.8) is 0 Å². The van der Waals surface area contributed by atoms with Crippen LogP contribution in [0, 0.1) is 5.92 Å². The van der Waals surface area contributed by atoms with Gasteiger partial charge in [-0.05, 0) is 38.0 Å². The van der Waals surface area contributed by atoms with Gasteiger partial charge in [-0.25, -0.2) is 8.42 Å². The second-order valence-electron chi connectivity index (χ2n) is 6.41. The Balaban J connectivity index is 2.61. The van der Waals surface area contributed by atoms with Gasteiger partial charge in [-0.2, -0.15) is 13.2 Å². The zero-order valence-corrected chi connectivity index (χ0v) is 16.4. The van der Waals surface area contributed by atoms with Crippen LogP contribution >= 0.6 is 0 Å². The summed E-state index contributed by atoms with van der Waals surface area (Å²) < 4.78 is 68.7. The Morgan fingerprint density at radius 2 is 1.89 bits per heavy atom. The van der Waals surface area contributed by atoms with Gasteiger partial charge in [0.2, 0.25) is 15.8 Å². The molecule has 28 heavy (non-hydrogen) atoms. The Bertz CT molecular complexity index is 918. The summed E-state index contributed by atoms with van der Waals surface area (Å²) in [5.41, 5.74) is -2.22. The Hall–Kier alpha value is -2.36. The number of carbonyl (C=O) groups is 2. The van der Waals surface area contributed by atoms with Crippen molar-refractivity contribution in [2.75, 3.05) is 24.2 Å². The molecular weight excluding hydrogens is 399 g/mol. The SMILES string of the molecule is CCOC=C(C(=O)c1ccc(C(F)(F)F)cc1N(C)S(C)(=O)=O)C(=O)C1CC1. The van der Waals surface area contributed by atoms with E-state index in [-0.39, 0.29) is 23.7 Å². The van der Waals surface area contributed by atoms with Crippen molar-refractivity contribution in [1.82, 2.24) is 0 Å². The van der Waals surface area contributed by atoms with Gasteiger partial charge in [0.25, 0.3) is 0 Å². The summed E-state index contributed by atoms with van der Waals surface area (Å²) in [7, 11) is -2.92. The molecule has 0 aromatic heterocycles. The molecule has 0 bridgehead atoms. The molecule has 0 radical (unpaired) electrons. The van der Waals surface area contributed by atoms with E-state index in [0.717, 1.165) is 25.6 Å². The number of carbonyl (C=O) groups excluding carboxylic acids is 2. The first-order valence-electron chi connectivity index (χ1n) is 8.43. The number of sulfonamides is 1. The monoisotopic (exact) mass is 419 g/mol. The van der Waals surface area contributed by atoms with Gasteiger partial charge < -0.3 is 4.74 Å². The number of rotatable bonds is 8. The lowest BCUT2D eigenvalue weighted by atomic mass is 9.96. The maximum atomic E-state index is 13.1. The third-order valence-electron chi connectivity index (χ3n) is 4.23. The maximum absolute atomic E-state index is 13.1. The van der Waals surface area contributed by atoms with Gasteiger partial charge in [0, 0.05) is 18.5 Å². The standard InChI is InChI=1S/C18H20F3NO5S/c1-4-27-10-14(16(23)11-5-6-11)17(24)13-8-7-12(18(19,20)21)9-15(13)22(2)28(3,25)26/h7-11H,4-6H2,1-3H3. The number of nitrogens with zero attached hydrogens (tertiary/aromatic N) is 1. The van der Waals surface area contributed by atoms with Crippen LogP contribution in [0.1, 0.15) is 35.7 Å². The molecule has 1 aliphatic carbocycles. The lowest BCUT2D eigenvalue weighted by Gasteiger charge is -2.21. The molecule has 0 heterocycles. The topological polar surface area (TPSA) is 80.8 Å². The van der Waals surface area contributed by atoms with Gasteiger partial charge in [-0.1, -0.05) is 0 Å². The van der Waals surface area contributed by atoms with Crippen LogP contribution in [-0.4, -0.2) is 39.9 Å². The summed E-state index contributed by atoms with van der Waals surface area (Å²) in [6.07, 6.45) is -1.72. The van der Waals surface area contributed by atoms with Crippen LogP contribution < -0.4 is 4.31 Å².